The van der Waals surface area contributed by atoms with Gasteiger partial charge in [0.05, 0.1) is 10.4 Å². The Hall–Kier alpha value is -3.27. The number of rotatable bonds is 2. The van der Waals surface area contributed by atoms with Crippen molar-refractivity contribution in [2.45, 2.75) is 0 Å². The zero-order valence-electron chi connectivity index (χ0n) is 10.1. The van der Waals surface area contributed by atoms with Crippen LogP contribution >= 0.6 is 0 Å². The number of nitro benzene ring substituents is 1. The highest BCUT2D eigenvalue weighted by molar-refractivity contribution is 5.81. The van der Waals surface area contributed by atoms with E-state index in [0.717, 1.165) is 0 Å². The summed E-state index contributed by atoms with van der Waals surface area (Å²) in [5.74, 6) is 0.777. The van der Waals surface area contributed by atoms with Crippen molar-refractivity contribution in [2.24, 2.45) is 0 Å². The van der Waals surface area contributed by atoms with Crippen molar-refractivity contribution in [3.05, 3.63) is 58.7 Å². The number of aromatic nitrogens is 3. The molecule has 0 amide bonds. The van der Waals surface area contributed by atoms with Gasteiger partial charge in [-0.05, 0) is 18.2 Å². The molecule has 20 heavy (non-hydrogen) atoms. The molecule has 0 radical (unpaired) electrons. The van der Waals surface area contributed by atoms with Gasteiger partial charge in [0.15, 0.2) is 0 Å². The molecular weight excluding hydrogens is 258 g/mol. The van der Waals surface area contributed by atoms with Gasteiger partial charge in [-0.3, -0.25) is 14.7 Å². The molecule has 0 aliphatic rings. The third kappa shape index (κ3) is 1.85. The van der Waals surface area contributed by atoms with Crippen LogP contribution in [0.5, 0.6) is 0 Å². The fraction of sp³-hybridized carbons (Fsp3) is 0. The van der Waals surface area contributed by atoms with Crippen LogP contribution in [0.2, 0.25) is 0 Å². The molecule has 96 valence electrons. The number of hydrogen-bond donors (Lipinski definition) is 0. The van der Waals surface area contributed by atoms with E-state index >= 15 is 0 Å². The maximum absolute atomic E-state index is 10.7. The molecule has 3 rings (SSSR count). The van der Waals surface area contributed by atoms with Gasteiger partial charge in [0.2, 0.25) is 5.82 Å². The number of imidazole rings is 1. The normalized spacial score (nSPS) is 10.3. The van der Waals surface area contributed by atoms with E-state index in [2.05, 4.69) is 9.97 Å². The van der Waals surface area contributed by atoms with E-state index in [1.54, 1.807) is 29.0 Å². The van der Waals surface area contributed by atoms with Gasteiger partial charge in [-0.1, -0.05) is 0 Å². The first-order valence-electron chi connectivity index (χ1n) is 5.68. The van der Waals surface area contributed by atoms with Crippen molar-refractivity contribution in [3.63, 3.8) is 0 Å². The highest BCUT2D eigenvalue weighted by atomic mass is 16.6. The lowest BCUT2D eigenvalue weighted by Crippen LogP contribution is -1.99. The minimum absolute atomic E-state index is 0.0207. The molecule has 0 bridgehead atoms. The zero-order chi connectivity index (χ0) is 14.1. The average Bonchev–Trinajstić information content (AvgIpc) is 2.94. The van der Waals surface area contributed by atoms with Crippen LogP contribution in [0.25, 0.3) is 16.7 Å². The van der Waals surface area contributed by atoms with Crippen LogP contribution in [-0.4, -0.2) is 19.5 Å². The topological polar surface area (TPSA) is 97.6 Å². The summed E-state index contributed by atoms with van der Waals surface area (Å²) in [6, 6.07) is 9.83. The van der Waals surface area contributed by atoms with Crippen molar-refractivity contribution >= 4 is 16.6 Å². The molecule has 0 saturated carbocycles. The summed E-state index contributed by atoms with van der Waals surface area (Å²) in [5, 5.41) is 20.3. The van der Waals surface area contributed by atoms with Gasteiger partial charge in [0.1, 0.15) is 11.9 Å². The van der Waals surface area contributed by atoms with Gasteiger partial charge in [0.25, 0.3) is 5.69 Å². The Bertz CT molecular complexity index is 863. The van der Waals surface area contributed by atoms with Crippen molar-refractivity contribution in [3.8, 4) is 11.9 Å². The fourth-order valence-electron chi connectivity index (χ4n) is 1.92. The first-order chi connectivity index (χ1) is 9.69. The molecule has 7 heteroatoms. The molecule has 0 spiro atoms. The predicted octanol–water partition coefficient (Wildman–Crippen LogP) is 2.20. The Morgan fingerprint density at radius 3 is 2.90 bits per heavy atom. The summed E-state index contributed by atoms with van der Waals surface area (Å²) >= 11 is 0. The lowest BCUT2D eigenvalue weighted by Gasteiger charge is -2.04. The lowest BCUT2D eigenvalue weighted by atomic mass is 10.2. The van der Waals surface area contributed by atoms with Crippen molar-refractivity contribution in [2.75, 3.05) is 0 Å². The molecule has 0 saturated heterocycles. The van der Waals surface area contributed by atoms with Crippen LogP contribution in [0.4, 0.5) is 5.69 Å². The zero-order valence-corrected chi connectivity index (χ0v) is 10.1. The second kappa shape index (κ2) is 4.44. The van der Waals surface area contributed by atoms with E-state index in [1.165, 1.54) is 18.3 Å². The monoisotopic (exact) mass is 265 g/mol. The predicted molar refractivity (Wildman–Crippen MR) is 70.2 cm³/mol. The number of nitro groups is 1. The van der Waals surface area contributed by atoms with Gasteiger partial charge in [-0.15, -0.1) is 0 Å². The Labute approximate surface area is 112 Å². The molecule has 7 nitrogen and oxygen atoms in total. The van der Waals surface area contributed by atoms with Crippen molar-refractivity contribution in [1.82, 2.24) is 14.5 Å². The Morgan fingerprint density at radius 1 is 1.30 bits per heavy atom. The largest absolute Gasteiger partial charge is 0.275 e. The Kier molecular flexibility index (Phi) is 2.62. The first kappa shape index (κ1) is 11.8. The number of hydrogen-bond acceptors (Lipinski definition) is 5. The number of non-ortho nitro benzene ring substituents is 1. The molecule has 3 aromatic rings. The highest BCUT2D eigenvalue weighted by Crippen LogP contribution is 2.21. The molecule has 0 N–H and O–H groups in total. The summed E-state index contributed by atoms with van der Waals surface area (Å²) < 4.78 is 1.56. The summed E-state index contributed by atoms with van der Waals surface area (Å²) in [6.45, 7) is 0. The molecule has 0 aliphatic heterocycles. The molecular formula is C13H7N5O2. The van der Waals surface area contributed by atoms with Crippen LogP contribution in [-0.2, 0) is 0 Å². The second-order valence-electron chi connectivity index (χ2n) is 4.04. The Balaban J connectivity index is 2.15. The van der Waals surface area contributed by atoms with Gasteiger partial charge in [-0.2, -0.15) is 5.26 Å². The molecule has 2 aromatic heterocycles. The lowest BCUT2D eigenvalue weighted by molar-refractivity contribution is -0.384. The summed E-state index contributed by atoms with van der Waals surface area (Å²) in [6.07, 6.45) is 3.15. The number of nitrogens with zero attached hydrogens (tertiary/aromatic N) is 5. The van der Waals surface area contributed by atoms with Crippen LogP contribution in [0.15, 0.2) is 42.7 Å². The molecule has 0 atom stereocenters. The quantitative estimate of drug-likeness (QED) is 0.522. The second-order valence-corrected chi connectivity index (χ2v) is 4.04. The maximum Gasteiger partial charge on any atom is 0.270 e. The van der Waals surface area contributed by atoms with E-state index in [0.29, 0.717) is 16.7 Å². The standard InChI is InChI=1S/C13H7N5O2/c14-8-13-15-5-6-17(13)12-4-1-9-7-10(18(19)20)2-3-11(9)16-12/h1-7H. The van der Waals surface area contributed by atoms with Crippen molar-refractivity contribution < 1.29 is 4.92 Å². The van der Waals surface area contributed by atoms with Crippen LogP contribution in [0.3, 0.4) is 0 Å². The molecule has 2 heterocycles. The third-order valence-corrected chi connectivity index (χ3v) is 2.86. The van der Waals surface area contributed by atoms with E-state index in [-0.39, 0.29) is 11.5 Å². The molecule has 1 aromatic carbocycles. The maximum atomic E-state index is 10.7. The van der Waals surface area contributed by atoms with Crippen LogP contribution in [0, 0.1) is 21.4 Å². The number of pyridine rings is 1. The third-order valence-electron chi connectivity index (χ3n) is 2.86. The van der Waals surface area contributed by atoms with Crippen LogP contribution < -0.4 is 0 Å². The van der Waals surface area contributed by atoms with E-state index in [1.807, 2.05) is 6.07 Å². The number of fused-ring (bicyclic) bond motifs is 1. The van der Waals surface area contributed by atoms with Crippen molar-refractivity contribution in [1.29, 1.82) is 5.26 Å². The summed E-state index contributed by atoms with van der Waals surface area (Å²) in [7, 11) is 0. The minimum Gasteiger partial charge on any atom is -0.275 e. The summed E-state index contributed by atoms with van der Waals surface area (Å²) in [4.78, 5) is 18.5. The molecule has 0 fully saturated rings. The number of benzene rings is 1. The number of nitriles is 1. The van der Waals surface area contributed by atoms with Crippen LogP contribution in [0.1, 0.15) is 5.82 Å². The van der Waals surface area contributed by atoms with E-state index in [9.17, 15) is 10.1 Å². The average molecular weight is 265 g/mol. The van der Waals surface area contributed by atoms with Gasteiger partial charge in [0, 0.05) is 29.9 Å². The van der Waals surface area contributed by atoms with E-state index in [4.69, 9.17) is 5.26 Å². The first-order valence-corrected chi connectivity index (χ1v) is 5.68. The smallest absolute Gasteiger partial charge is 0.270 e. The fourth-order valence-corrected chi connectivity index (χ4v) is 1.92. The van der Waals surface area contributed by atoms with Gasteiger partial charge < -0.3 is 0 Å². The summed E-state index contributed by atoms with van der Waals surface area (Å²) in [5.41, 5.74) is 0.637. The minimum atomic E-state index is -0.447. The van der Waals surface area contributed by atoms with Gasteiger partial charge in [-0.25, -0.2) is 9.97 Å². The van der Waals surface area contributed by atoms with E-state index < -0.39 is 4.92 Å². The SMILES string of the molecule is N#Cc1nccn1-c1ccc2cc([N+](=O)[O-])ccc2n1. The molecule has 0 unspecified atom stereocenters. The molecule has 0 aliphatic carbocycles. The Morgan fingerprint density at radius 2 is 2.15 bits per heavy atom. The highest BCUT2D eigenvalue weighted by Gasteiger charge is 2.09. The van der Waals surface area contributed by atoms with Gasteiger partial charge >= 0.3 is 0 Å².